The number of likely N-dealkylation sites (tertiary alicyclic amines) is 1. The molecule has 2 aromatic carbocycles. The molecule has 1 aliphatic rings. The molecule has 3 rings (SSSR count). The quantitative estimate of drug-likeness (QED) is 0.754. The molecule has 0 aromatic heterocycles. The number of piperidine rings is 1. The third-order valence-electron chi connectivity index (χ3n) is 5.34. The molecule has 1 aliphatic heterocycles. The first-order valence-electron chi connectivity index (χ1n) is 10.1. The first kappa shape index (κ1) is 21.0. The number of hydrogen-bond acceptors (Lipinski definition) is 3. The van der Waals surface area contributed by atoms with Gasteiger partial charge in [-0.2, -0.15) is 0 Å². The molecular weight excluding hydrogens is 369 g/mol. The summed E-state index contributed by atoms with van der Waals surface area (Å²) >= 11 is 0. The fraction of sp³-hybridized carbons (Fsp3) is 0.391. The molecule has 2 amide bonds. The average molecular weight is 397 g/mol. The van der Waals surface area contributed by atoms with Crippen molar-refractivity contribution in [3.63, 3.8) is 0 Å². The van der Waals surface area contributed by atoms with Crippen LogP contribution in [-0.2, 0) is 11.2 Å². The Morgan fingerprint density at radius 3 is 2.62 bits per heavy atom. The lowest BCUT2D eigenvalue weighted by Crippen LogP contribution is -2.45. The van der Waals surface area contributed by atoms with E-state index in [-0.39, 0.29) is 30.0 Å². The molecule has 3 N–H and O–H groups in total. The minimum Gasteiger partial charge on any atom is -0.352 e. The van der Waals surface area contributed by atoms with E-state index in [9.17, 15) is 14.0 Å². The van der Waals surface area contributed by atoms with Crippen molar-refractivity contribution in [2.24, 2.45) is 11.7 Å². The number of carbonyl (C=O) groups excluding carboxylic acids is 2. The number of nitrogens with two attached hydrogens (primary N) is 1. The number of nitrogens with zero attached hydrogens (tertiary/aromatic N) is 1. The number of hydrogen-bond donors (Lipinski definition) is 2. The van der Waals surface area contributed by atoms with Gasteiger partial charge >= 0.3 is 0 Å². The molecule has 1 saturated heterocycles. The monoisotopic (exact) mass is 397 g/mol. The van der Waals surface area contributed by atoms with Crippen molar-refractivity contribution in [1.82, 2.24) is 10.2 Å². The van der Waals surface area contributed by atoms with Crippen LogP contribution in [0.4, 0.5) is 4.39 Å². The van der Waals surface area contributed by atoms with E-state index in [0.29, 0.717) is 37.2 Å². The second-order valence-electron chi connectivity index (χ2n) is 7.68. The maximum atomic E-state index is 13.8. The molecular formula is C23H28FN3O2. The molecule has 5 nitrogen and oxygen atoms in total. The van der Waals surface area contributed by atoms with E-state index < -0.39 is 6.04 Å². The molecule has 154 valence electrons. The van der Waals surface area contributed by atoms with E-state index in [2.05, 4.69) is 5.32 Å². The molecule has 2 aromatic rings. The van der Waals surface area contributed by atoms with Gasteiger partial charge in [0.25, 0.3) is 5.91 Å². The van der Waals surface area contributed by atoms with Gasteiger partial charge in [-0.25, -0.2) is 4.39 Å². The number of benzene rings is 2. The summed E-state index contributed by atoms with van der Waals surface area (Å²) in [5.41, 5.74) is 7.28. The predicted molar refractivity (Wildman–Crippen MR) is 111 cm³/mol. The average Bonchev–Trinajstić information content (AvgIpc) is 2.74. The molecule has 0 aliphatic carbocycles. The van der Waals surface area contributed by atoms with E-state index in [1.807, 2.05) is 23.1 Å². The molecule has 29 heavy (non-hydrogen) atoms. The maximum absolute atomic E-state index is 13.8. The summed E-state index contributed by atoms with van der Waals surface area (Å²) < 4.78 is 13.8. The number of amides is 2. The Bertz CT molecular complexity index is 828. The fourth-order valence-electron chi connectivity index (χ4n) is 3.76. The summed E-state index contributed by atoms with van der Waals surface area (Å²) in [6, 6.07) is 15.2. The topological polar surface area (TPSA) is 75.4 Å². The Morgan fingerprint density at radius 2 is 1.86 bits per heavy atom. The normalized spacial score (nSPS) is 17.6. The van der Waals surface area contributed by atoms with Gasteiger partial charge in [-0.15, -0.1) is 0 Å². The minimum atomic E-state index is -0.419. The largest absolute Gasteiger partial charge is 0.352 e. The van der Waals surface area contributed by atoms with Crippen molar-refractivity contribution in [3.8, 4) is 0 Å². The van der Waals surface area contributed by atoms with Crippen LogP contribution in [0.3, 0.4) is 0 Å². The number of halogens is 1. The molecule has 1 fully saturated rings. The van der Waals surface area contributed by atoms with Crippen LogP contribution >= 0.6 is 0 Å². The Kier molecular flexibility index (Phi) is 7.36. The molecule has 1 unspecified atom stereocenters. The summed E-state index contributed by atoms with van der Waals surface area (Å²) in [6.07, 6.45) is 2.40. The number of carbonyl (C=O) groups is 2. The van der Waals surface area contributed by atoms with E-state index in [1.54, 1.807) is 30.3 Å². The van der Waals surface area contributed by atoms with Gasteiger partial charge in [0.2, 0.25) is 5.91 Å². The SMILES string of the molecule is N[C@@H](CC(=O)N1CCCC(CNC(=O)c2ccccc2)C1)Cc1ccccc1F. The Hall–Kier alpha value is -2.73. The molecule has 0 spiro atoms. The van der Waals surface area contributed by atoms with Gasteiger partial charge in [0.1, 0.15) is 5.82 Å². The molecule has 2 atom stereocenters. The summed E-state index contributed by atoms with van der Waals surface area (Å²) in [5, 5.41) is 2.96. The van der Waals surface area contributed by atoms with Gasteiger partial charge in [0, 0.05) is 37.7 Å². The number of nitrogens with one attached hydrogen (secondary N) is 1. The molecule has 1 heterocycles. The van der Waals surface area contributed by atoms with Crippen molar-refractivity contribution in [3.05, 3.63) is 71.5 Å². The van der Waals surface area contributed by atoms with Gasteiger partial charge < -0.3 is 16.0 Å². The van der Waals surface area contributed by atoms with Gasteiger partial charge in [-0.05, 0) is 48.9 Å². The smallest absolute Gasteiger partial charge is 0.251 e. The summed E-state index contributed by atoms with van der Waals surface area (Å²) in [5.74, 6) is -0.167. The van der Waals surface area contributed by atoms with E-state index in [1.165, 1.54) is 6.07 Å². The van der Waals surface area contributed by atoms with Gasteiger partial charge in [0.15, 0.2) is 0 Å². The molecule has 0 radical (unpaired) electrons. The maximum Gasteiger partial charge on any atom is 0.251 e. The molecule has 0 saturated carbocycles. The Balaban J connectivity index is 1.46. The fourth-order valence-corrected chi connectivity index (χ4v) is 3.76. The van der Waals surface area contributed by atoms with E-state index in [0.717, 1.165) is 12.8 Å². The third kappa shape index (κ3) is 6.12. The summed E-state index contributed by atoms with van der Waals surface area (Å²) in [4.78, 5) is 26.7. The zero-order valence-corrected chi connectivity index (χ0v) is 16.5. The van der Waals surface area contributed by atoms with Crippen LogP contribution in [-0.4, -0.2) is 42.4 Å². The van der Waals surface area contributed by atoms with Crippen LogP contribution in [0.5, 0.6) is 0 Å². The zero-order valence-electron chi connectivity index (χ0n) is 16.5. The van der Waals surface area contributed by atoms with Crippen LogP contribution in [0.1, 0.15) is 35.2 Å². The first-order valence-corrected chi connectivity index (χ1v) is 10.1. The van der Waals surface area contributed by atoms with Crippen molar-refractivity contribution >= 4 is 11.8 Å². The van der Waals surface area contributed by atoms with Crippen LogP contribution in [0.25, 0.3) is 0 Å². The standard InChI is InChI=1S/C23H28FN3O2/c24-21-11-5-4-10-19(21)13-20(25)14-22(28)27-12-6-7-17(16-27)15-26-23(29)18-8-2-1-3-9-18/h1-5,8-11,17,20H,6-7,12-16,25H2,(H,26,29)/t17?,20-/m1/s1. The predicted octanol–water partition coefficient (Wildman–Crippen LogP) is 2.75. The van der Waals surface area contributed by atoms with Gasteiger partial charge in [-0.3, -0.25) is 9.59 Å². The summed E-state index contributed by atoms with van der Waals surface area (Å²) in [7, 11) is 0. The van der Waals surface area contributed by atoms with Gasteiger partial charge in [0.05, 0.1) is 0 Å². The highest BCUT2D eigenvalue weighted by atomic mass is 19.1. The van der Waals surface area contributed by atoms with Gasteiger partial charge in [-0.1, -0.05) is 36.4 Å². The molecule has 6 heteroatoms. The summed E-state index contributed by atoms with van der Waals surface area (Å²) in [6.45, 7) is 1.85. The highest BCUT2D eigenvalue weighted by molar-refractivity contribution is 5.94. The van der Waals surface area contributed by atoms with Crippen LogP contribution in [0, 0.1) is 11.7 Å². The van der Waals surface area contributed by atoms with Crippen molar-refractivity contribution in [1.29, 1.82) is 0 Å². The van der Waals surface area contributed by atoms with E-state index in [4.69, 9.17) is 5.73 Å². The third-order valence-corrected chi connectivity index (χ3v) is 5.34. The first-order chi connectivity index (χ1) is 14.0. The van der Waals surface area contributed by atoms with Crippen molar-refractivity contribution < 1.29 is 14.0 Å². The molecule has 0 bridgehead atoms. The number of rotatable bonds is 7. The Morgan fingerprint density at radius 1 is 1.14 bits per heavy atom. The second kappa shape index (κ2) is 10.2. The lowest BCUT2D eigenvalue weighted by atomic mass is 9.96. The highest BCUT2D eigenvalue weighted by Gasteiger charge is 2.25. The second-order valence-corrected chi connectivity index (χ2v) is 7.68. The van der Waals surface area contributed by atoms with Crippen LogP contribution in [0.15, 0.2) is 54.6 Å². The minimum absolute atomic E-state index is 0.00655. The van der Waals surface area contributed by atoms with Crippen LogP contribution in [0.2, 0.25) is 0 Å². The van der Waals surface area contributed by atoms with E-state index >= 15 is 0 Å². The Labute approximate surface area is 171 Å². The van der Waals surface area contributed by atoms with Crippen molar-refractivity contribution in [2.75, 3.05) is 19.6 Å². The highest BCUT2D eigenvalue weighted by Crippen LogP contribution is 2.18. The lowest BCUT2D eigenvalue weighted by molar-refractivity contribution is -0.133. The lowest BCUT2D eigenvalue weighted by Gasteiger charge is -2.33. The zero-order chi connectivity index (χ0) is 20.6. The van der Waals surface area contributed by atoms with Crippen molar-refractivity contribution in [2.45, 2.75) is 31.7 Å². The van der Waals surface area contributed by atoms with Crippen LogP contribution < -0.4 is 11.1 Å².